The normalized spacial score (nSPS) is 25.0. The Morgan fingerprint density at radius 3 is 2.48 bits per heavy atom. The van der Waals surface area contributed by atoms with E-state index in [4.69, 9.17) is 0 Å². The van der Waals surface area contributed by atoms with Gasteiger partial charge < -0.3 is 0 Å². The smallest absolute Gasteiger partial charge is 0.131 e. The summed E-state index contributed by atoms with van der Waals surface area (Å²) in [4.78, 5) is 0. The Morgan fingerprint density at radius 2 is 1.86 bits per heavy atom. The first-order valence-electron chi connectivity index (χ1n) is 7.99. The molecular formula is C20H23F. The first-order chi connectivity index (χ1) is 10.1. The van der Waals surface area contributed by atoms with Gasteiger partial charge in [-0.25, -0.2) is 4.39 Å². The van der Waals surface area contributed by atoms with Crippen LogP contribution in [0.5, 0.6) is 0 Å². The Labute approximate surface area is 126 Å². The maximum Gasteiger partial charge on any atom is 0.131 e. The minimum absolute atomic E-state index is 0.0776. The predicted octanol–water partition coefficient (Wildman–Crippen LogP) is 4.24. The fraction of sp³-hybridized carbons (Fsp3) is 0.400. The molecule has 0 unspecified atom stereocenters. The van der Waals surface area contributed by atoms with Crippen LogP contribution in [0.4, 0.5) is 4.39 Å². The lowest BCUT2D eigenvalue weighted by atomic mass is 9.86. The number of hydrogen-bond donors (Lipinski definition) is 0. The van der Waals surface area contributed by atoms with Crippen LogP contribution in [0.2, 0.25) is 0 Å². The third-order valence-corrected chi connectivity index (χ3v) is 4.79. The van der Waals surface area contributed by atoms with E-state index in [1.807, 2.05) is 12.1 Å². The summed E-state index contributed by atoms with van der Waals surface area (Å²) in [5.74, 6) is 0.738. The van der Waals surface area contributed by atoms with Crippen molar-refractivity contribution in [2.24, 2.45) is 5.92 Å². The van der Waals surface area contributed by atoms with Crippen LogP contribution >= 0.6 is 0 Å². The fourth-order valence-corrected chi connectivity index (χ4v) is 3.23. The third kappa shape index (κ3) is 3.18. The van der Waals surface area contributed by atoms with Crippen LogP contribution in [0, 0.1) is 11.7 Å². The molecule has 2 aliphatic carbocycles. The van der Waals surface area contributed by atoms with E-state index in [0.29, 0.717) is 0 Å². The van der Waals surface area contributed by atoms with Gasteiger partial charge in [-0.05, 0) is 61.8 Å². The number of halogens is 1. The Morgan fingerprint density at radius 1 is 1.10 bits per heavy atom. The summed E-state index contributed by atoms with van der Waals surface area (Å²) in [5.41, 5.74) is 3.76. The molecule has 0 atom stereocenters. The van der Waals surface area contributed by atoms with E-state index in [9.17, 15) is 4.39 Å². The molecule has 0 heterocycles. The second kappa shape index (κ2) is 6.01. The zero-order valence-electron chi connectivity index (χ0n) is 13.0. The molecule has 2 aliphatic rings. The zero-order valence-corrected chi connectivity index (χ0v) is 13.0. The molecule has 1 heteroatoms. The molecule has 0 spiro atoms. The van der Waals surface area contributed by atoms with Gasteiger partial charge in [-0.3, -0.25) is 0 Å². The number of rotatable bonds is 0. The molecular weight excluding hydrogens is 259 g/mol. The molecule has 3 rings (SSSR count). The molecule has 110 valence electrons. The number of hydrogen-bond acceptors (Lipinski definition) is 0. The molecule has 0 aliphatic heterocycles. The molecule has 0 nitrogen and oxygen atoms in total. The van der Waals surface area contributed by atoms with E-state index in [1.165, 1.54) is 24.0 Å². The summed E-state index contributed by atoms with van der Waals surface area (Å²) in [7, 11) is 0. The summed E-state index contributed by atoms with van der Waals surface area (Å²) in [6.45, 7) is 4.38. The highest BCUT2D eigenvalue weighted by molar-refractivity contribution is 5.62. The first kappa shape index (κ1) is 14.3. The van der Waals surface area contributed by atoms with Crippen LogP contribution in [-0.4, -0.2) is 0 Å². The average Bonchev–Trinajstić information content (AvgIpc) is 2.49. The molecule has 0 bridgehead atoms. The summed E-state index contributed by atoms with van der Waals surface area (Å²) in [5, 5.41) is 1.86. The summed E-state index contributed by atoms with van der Waals surface area (Å²) >= 11 is 0. The van der Waals surface area contributed by atoms with Gasteiger partial charge in [-0.1, -0.05) is 48.4 Å². The molecule has 0 aromatic heterocycles. The Balaban J connectivity index is 2.00. The molecule has 0 N–H and O–H groups in total. The van der Waals surface area contributed by atoms with Crippen molar-refractivity contribution in [3.8, 4) is 0 Å². The minimum atomic E-state index is -0.0776. The predicted molar refractivity (Wildman–Crippen MR) is 87.6 cm³/mol. The summed E-state index contributed by atoms with van der Waals surface area (Å²) in [6, 6.07) is 5.81. The third-order valence-electron chi connectivity index (χ3n) is 4.79. The van der Waals surface area contributed by atoms with Crippen molar-refractivity contribution in [2.75, 3.05) is 0 Å². The number of benzene rings is 1. The fourth-order valence-electron chi connectivity index (χ4n) is 3.23. The lowest BCUT2D eigenvalue weighted by Crippen LogP contribution is -2.19. The molecule has 1 aromatic rings. The quantitative estimate of drug-likeness (QED) is 0.667. The monoisotopic (exact) mass is 282 g/mol. The van der Waals surface area contributed by atoms with Gasteiger partial charge in [0.05, 0.1) is 0 Å². The van der Waals surface area contributed by atoms with Crippen molar-refractivity contribution < 1.29 is 4.39 Å². The zero-order chi connectivity index (χ0) is 14.8. The standard InChI is InChI=1S/C20H23F/c1-14-3-7-16(8-4-14)18-11-12-19(20(21)13-18)17-9-5-15(2)6-10-17/h5-6,9,11-14H,3-4,7-8,10H2,1-2H3/b18-16?,19-17+. The molecule has 0 amide bonds. The van der Waals surface area contributed by atoms with Crippen LogP contribution in [0.25, 0.3) is 11.1 Å². The van der Waals surface area contributed by atoms with Gasteiger partial charge >= 0.3 is 0 Å². The second-order valence-corrected chi connectivity index (χ2v) is 6.49. The largest absolute Gasteiger partial charge is 0.206 e. The number of allylic oxidation sites excluding steroid dienone is 4. The van der Waals surface area contributed by atoms with Crippen LogP contribution in [0.1, 0.15) is 46.0 Å². The van der Waals surface area contributed by atoms with Crippen LogP contribution in [0.15, 0.2) is 42.0 Å². The molecule has 1 fully saturated rings. The van der Waals surface area contributed by atoms with Crippen molar-refractivity contribution in [3.05, 3.63) is 58.3 Å². The van der Waals surface area contributed by atoms with E-state index >= 15 is 0 Å². The highest BCUT2D eigenvalue weighted by Crippen LogP contribution is 2.27. The Hall–Kier alpha value is -1.63. The van der Waals surface area contributed by atoms with Gasteiger partial charge in [-0.15, -0.1) is 0 Å². The van der Waals surface area contributed by atoms with Crippen LogP contribution in [0.3, 0.4) is 0 Å². The maximum atomic E-state index is 14.5. The van der Waals surface area contributed by atoms with Crippen molar-refractivity contribution in [1.29, 1.82) is 0 Å². The van der Waals surface area contributed by atoms with Crippen LogP contribution < -0.4 is 10.4 Å². The summed E-state index contributed by atoms with van der Waals surface area (Å²) in [6.07, 6.45) is 11.8. The van der Waals surface area contributed by atoms with Gasteiger partial charge in [0.1, 0.15) is 5.82 Å². The van der Waals surface area contributed by atoms with E-state index in [1.54, 1.807) is 6.07 Å². The maximum absolute atomic E-state index is 14.5. The Bertz CT molecular complexity index is 709. The van der Waals surface area contributed by atoms with E-state index < -0.39 is 0 Å². The van der Waals surface area contributed by atoms with Gasteiger partial charge in [0.25, 0.3) is 0 Å². The minimum Gasteiger partial charge on any atom is -0.206 e. The van der Waals surface area contributed by atoms with E-state index in [-0.39, 0.29) is 5.82 Å². The molecule has 0 radical (unpaired) electrons. The van der Waals surface area contributed by atoms with Crippen LogP contribution in [-0.2, 0) is 0 Å². The van der Waals surface area contributed by atoms with Gasteiger partial charge in [-0.2, -0.15) is 0 Å². The highest BCUT2D eigenvalue weighted by atomic mass is 19.1. The highest BCUT2D eigenvalue weighted by Gasteiger charge is 2.13. The molecule has 1 saturated carbocycles. The van der Waals surface area contributed by atoms with Crippen molar-refractivity contribution >= 4 is 11.1 Å². The molecule has 0 saturated heterocycles. The lowest BCUT2D eigenvalue weighted by Gasteiger charge is -2.20. The SMILES string of the molecule is CC1=CC/C(=c2\ccc(=C3CCC(C)CC3)cc2F)C=C1. The van der Waals surface area contributed by atoms with Gasteiger partial charge in [0, 0.05) is 5.22 Å². The van der Waals surface area contributed by atoms with Crippen molar-refractivity contribution in [3.63, 3.8) is 0 Å². The second-order valence-electron chi connectivity index (χ2n) is 6.49. The van der Waals surface area contributed by atoms with Crippen molar-refractivity contribution in [2.45, 2.75) is 46.0 Å². The average molecular weight is 282 g/mol. The molecule has 1 aromatic carbocycles. The van der Waals surface area contributed by atoms with E-state index in [0.717, 1.165) is 41.2 Å². The first-order valence-corrected chi connectivity index (χ1v) is 7.99. The lowest BCUT2D eigenvalue weighted by molar-refractivity contribution is 0.470. The van der Waals surface area contributed by atoms with Gasteiger partial charge in [0.15, 0.2) is 0 Å². The van der Waals surface area contributed by atoms with E-state index in [2.05, 4.69) is 32.1 Å². The molecule has 21 heavy (non-hydrogen) atoms. The van der Waals surface area contributed by atoms with Gasteiger partial charge in [0.2, 0.25) is 0 Å². The topological polar surface area (TPSA) is 0 Å². The Kier molecular flexibility index (Phi) is 4.10. The van der Waals surface area contributed by atoms with Crippen molar-refractivity contribution in [1.82, 2.24) is 0 Å². The summed E-state index contributed by atoms with van der Waals surface area (Å²) < 4.78 is 14.5.